The van der Waals surface area contributed by atoms with Crippen molar-refractivity contribution in [2.24, 2.45) is 0 Å². The molecule has 0 fully saturated rings. The summed E-state index contributed by atoms with van der Waals surface area (Å²) >= 11 is 0. The number of rotatable bonds is 7. The van der Waals surface area contributed by atoms with Crippen molar-refractivity contribution in [1.29, 1.82) is 0 Å². The molecular formula is C25H27NO. The first-order valence-electron chi connectivity index (χ1n) is 9.63. The van der Waals surface area contributed by atoms with Crippen LogP contribution in [0.3, 0.4) is 0 Å². The van der Waals surface area contributed by atoms with E-state index in [1.165, 1.54) is 16.7 Å². The van der Waals surface area contributed by atoms with Crippen LogP contribution < -0.4 is 5.32 Å². The van der Waals surface area contributed by atoms with Crippen LogP contribution in [-0.4, -0.2) is 12.5 Å². The SMILES string of the molecule is CC(C)c1ccc(C(=O)NCCC(c2ccccc2)c2ccccc2)cc1. The van der Waals surface area contributed by atoms with Gasteiger partial charge in [-0.1, -0.05) is 86.6 Å². The summed E-state index contributed by atoms with van der Waals surface area (Å²) in [5.74, 6) is 0.737. The Labute approximate surface area is 162 Å². The highest BCUT2D eigenvalue weighted by atomic mass is 16.1. The van der Waals surface area contributed by atoms with Crippen molar-refractivity contribution >= 4 is 5.91 Å². The van der Waals surface area contributed by atoms with Crippen molar-refractivity contribution < 1.29 is 4.79 Å². The zero-order valence-corrected chi connectivity index (χ0v) is 16.1. The largest absolute Gasteiger partial charge is 0.352 e. The molecule has 0 saturated carbocycles. The van der Waals surface area contributed by atoms with Gasteiger partial charge in [0.1, 0.15) is 0 Å². The molecule has 27 heavy (non-hydrogen) atoms. The monoisotopic (exact) mass is 357 g/mol. The van der Waals surface area contributed by atoms with Gasteiger partial charge in [0.2, 0.25) is 0 Å². The van der Waals surface area contributed by atoms with Gasteiger partial charge in [0.05, 0.1) is 0 Å². The van der Waals surface area contributed by atoms with Gasteiger partial charge in [0.25, 0.3) is 5.91 Å². The summed E-state index contributed by atoms with van der Waals surface area (Å²) in [6.07, 6.45) is 0.865. The van der Waals surface area contributed by atoms with E-state index in [0.29, 0.717) is 12.5 Å². The minimum atomic E-state index is -0.00909. The molecule has 1 amide bonds. The standard InChI is InChI=1S/C25H27NO/c1-19(2)20-13-15-23(16-14-20)25(27)26-18-17-24(21-9-5-3-6-10-21)22-11-7-4-8-12-22/h3-16,19,24H,17-18H2,1-2H3,(H,26,27). The normalized spacial score (nSPS) is 11.0. The van der Waals surface area contributed by atoms with Gasteiger partial charge in [0, 0.05) is 18.0 Å². The maximum Gasteiger partial charge on any atom is 0.251 e. The van der Waals surface area contributed by atoms with Gasteiger partial charge in [-0.15, -0.1) is 0 Å². The smallest absolute Gasteiger partial charge is 0.251 e. The Morgan fingerprint density at radius 3 is 1.74 bits per heavy atom. The summed E-state index contributed by atoms with van der Waals surface area (Å²) in [6, 6.07) is 28.9. The van der Waals surface area contributed by atoms with E-state index in [4.69, 9.17) is 0 Å². The zero-order valence-electron chi connectivity index (χ0n) is 16.1. The van der Waals surface area contributed by atoms with Gasteiger partial charge < -0.3 is 5.32 Å². The lowest BCUT2D eigenvalue weighted by Crippen LogP contribution is -2.25. The van der Waals surface area contributed by atoms with E-state index in [9.17, 15) is 4.79 Å². The van der Waals surface area contributed by atoms with Crippen LogP contribution >= 0.6 is 0 Å². The van der Waals surface area contributed by atoms with Crippen LogP contribution in [-0.2, 0) is 0 Å². The Kier molecular flexibility index (Phi) is 6.43. The molecule has 0 aliphatic heterocycles. The topological polar surface area (TPSA) is 29.1 Å². The predicted octanol–water partition coefficient (Wildman–Crippen LogP) is 5.76. The van der Waals surface area contributed by atoms with Crippen molar-refractivity contribution in [1.82, 2.24) is 5.32 Å². The van der Waals surface area contributed by atoms with Crippen LogP contribution in [0.2, 0.25) is 0 Å². The van der Waals surface area contributed by atoms with Crippen LogP contribution in [0.4, 0.5) is 0 Å². The number of carbonyl (C=O) groups excluding carboxylic acids is 1. The van der Waals surface area contributed by atoms with E-state index < -0.39 is 0 Å². The summed E-state index contributed by atoms with van der Waals surface area (Å²) in [6.45, 7) is 4.95. The maximum absolute atomic E-state index is 12.5. The lowest BCUT2D eigenvalue weighted by atomic mass is 9.88. The van der Waals surface area contributed by atoms with E-state index in [0.717, 1.165) is 12.0 Å². The molecule has 0 aliphatic carbocycles. The second-order valence-electron chi connectivity index (χ2n) is 7.20. The third-order valence-electron chi connectivity index (χ3n) is 4.96. The van der Waals surface area contributed by atoms with Gasteiger partial charge in [0.15, 0.2) is 0 Å². The quantitative estimate of drug-likeness (QED) is 0.572. The summed E-state index contributed by atoms with van der Waals surface area (Å²) in [5.41, 5.74) is 4.52. The van der Waals surface area contributed by atoms with Crippen LogP contribution in [0.25, 0.3) is 0 Å². The van der Waals surface area contributed by atoms with Gasteiger partial charge in [-0.2, -0.15) is 0 Å². The molecule has 0 radical (unpaired) electrons. The molecule has 3 aromatic carbocycles. The van der Waals surface area contributed by atoms with E-state index in [1.54, 1.807) is 0 Å². The van der Waals surface area contributed by atoms with Crippen molar-refractivity contribution in [3.63, 3.8) is 0 Å². The van der Waals surface area contributed by atoms with Crippen LogP contribution in [0.5, 0.6) is 0 Å². The fraction of sp³-hybridized carbons (Fsp3) is 0.240. The molecule has 3 aromatic rings. The summed E-state index contributed by atoms with van der Waals surface area (Å²) in [5, 5.41) is 3.08. The van der Waals surface area contributed by atoms with E-state index >= 15 is 0 Å². The molecule has 0 bridgehead atoms. The number of hydrogen-bond acceptors (Lipinski definition) is 1. The fourth-order valence-corrected chi connectivity index (χ4v) is 3.35. The number of amides is 1. The summed E-state index contributed by atoms with van der Waals surface area (Å²) in [7, 11) is 0. The van der Waals surface area contributed by atoms with Crippen molar-refractivity contribution in [3.8, 4) is 0 Å². The molecule has 0 aromatic heterocycles. The number of carbonyl (C=O) groups is 1. The van der Waals surface area contributed by atoms with Crippen LogP contribution in [0.1, 0.15) is 59.2 Å². The molecule has 2 nitrogen and oxygen atoms in total. The number of nitrogens with one attached hydrogen (secondary N) is 1. The first kappa shape index (κ1) is 18.9. The summed E-state index contributed by atoms with van der Waals surface area (Å²) in [4.78, 5) is 12.5. The molecule has 0 atom stereocenters. The second kappa shape index (κ2) is 9.18. The summed E-state index contributed by atoms with van der Waals surface area (Å²) < 4.78 is 0. The maximum atomic E-state index is 12.5. The van der Waals surface area contributed by atoms with Gasteiger partial charge in [-0.25, -0.2) is 0 Å². The van der Waals surface area contributed by atoms with Gasteiger partial charge >= 0.3 is 0 Å². The third-order valence-corrected chi connectivity index (χ3v) is 4.96. The molecule has 0 saturated heterocycles. The van der Waals surface area contributed by atoms with E-state index in [2.05, 4.69) is 67.7 Å². The molecule has 0 heterocycles. The molecule has 0 spiro atoms. The van der Waals surface area contributed by atoms with Crippen molar-refractivity contribution in [3.05, 3.63) is 107 Å². The highest BCUT2D eigenvalue weighted by Gasteiger charge is 2.14. The highest BCUT2D eigenvalue weighted by Crippen LogP contribution is 2.27. The zero-order chi connectivity index (χ0) is 19.1. The Balaban J connectivity index is 1.65. The molecule has 0 unspecified atom stereocenters. The van der Waals surface area contributed by atoms with Crippen molar-refractivity contribution in [2.75, 3.05) is 6.54 Å². The highest BCUT2D eigenvalue weighted by molar-refractivity contribution is 5.94. The first-order chi connectivity index (χ1) is 13.1. The first-order valence-corrected chi connectivity index (χ1v) is 9.63. The third kappa shape index (κ3) is 5.07. The Morgan fingerprint density at radius 2 is 1.26 bits per heavy atom. The van der Waals surface area contributed by atoms with E-state index in [1.807, 2.05) is 36.4 Å². The van der Waals surface area contributed by atoms with Gasteiger partial charge in [-0.05, 0) is 41.2 Å². The molecular weight excluding hydrogens is 330 g/mol. The fourth-order valence-electron chi connectivity index (χ4n) is 3.35. The Hall–Kier alpha value is -2.87. The number of hydrogen-bond donors (Lipinski definition) is 1. The second-order valence-corrected chi connectivity index (χ2v) is 7.20. The molecule has 3 rings (SSSR count). The van der Waals surface area contributed by atoms with Gasteiger partial charge in [-0.3, -0.25) is 4.79 Å². The minimum absolute atomic E-state index is 0.00909. The Morgan fingerprint density at radius 1 is 0.741 bits per heavy atom. The van der Waals surface area contributed by atoms with Crippen molar-refractivity contribution in [2.45, 2.75) is 32.1 Å². The average Bonchev–Trinajstić information content (AvgIpc) is 2.72. The van der Waals surface area contributed by atoms with Crippen LogP contribution in [0, 0.1) is 0 Å². The number of benzene rings is 3. The Bertz CT molecular complexity index is 799. The van der Waals surface area contributed by atoms with E-state index in [-0.39, 0.29) is 11.8 Å². The molecule has 1 N–H and O–H groups in total. The molecule has 2 heteroatoms. The minimum Gasteiger partial charge on any atom is -0.352 e. The molecule has 138 valence electrons. The lowest BCUT2D eigenvalue weighted by molar-refractivity contribution is 0.0953. The lowest BCUT2D eigenvalue weighted by Gasteiger charge is -2.18. The molecule has 0 aliphatic rings. The average molecular weight is 357 g/mol. The van der Waals surface area contributed by atoms with Crippen LogP contribution in [0.15, 0.2) is 84.9 Å². The predicted molar refractivity (Wildman–Crippen MR) is 112 cm³/mol.